The molecule has 82 heavy (non-hydrogen) atoms. The smallest absolute Gasteiger partial charge is 0.411 e. The molecule has 0 bridgehead atoms. The van der Waals surface area contributed by atoms with Crippen molar-refractivity contribution in [3.63, 3.8) is 0 Å². The lowest BCUT2D eigenvalue weighted by Gasteiger charge is -2.36. The summed E-state index contributed by atoms with van der Waals surface area (Å²) in [4.78, 5) is 115. The summed E-state index contributed by atoms with van der Waals surface area (Å²) in [6.45, 7) is 7.98. The Hall–Kier alpha value is -6.92. The number of rotatable bonds is 32. The topological polar surface area (TPSA) is 339 Å². The first kappa shape index (κ1) is 69.3. The first-order valence-electron chi connectivity index (χ1n) is 26.5. The number of benzene rings is 3. The molecule has 0 saturated heterocycles. The summed E-state index contributed by atoms with van der Waals surface area (Å²) in [5.41, 5.74) is 6.56. The number of alkyl halides is 2. The molecular weight excluding hydrogens is 1120 g/mol. The van der Waals surface area contributed by atoms with Gasteiger partial charge in [-0.25, -0.2) is 14.4 Å². The number of halogens is 2. The van der Waals surface area contributed by atoms with Crippen LogP contribution in [0.5, 0.6) is 0 Å². The van der Waals surface area contributed by atoms with E-state index in [1.54, 1.807) is 88.4 Å². The number of urea groups is 1. The van der Waals surface area contributed by atoms with Gasteiger partial charge in [0, 0.05) is 72.8 Å². The van der Waals surface area contributed by atoms with Crippen molar-refractivity contribution < 1.29 is 57.7 Å². The molecule has 1 aromatic heterocycles. The van der Waals surface area contributed by atoms with Gasteiger partial charge in [-0.15, -0.1) is 23.2 Å². The second-order valence-electron chi connectivity index (χ2n) is 20.5. The zero-order chi connectivity index (χ0) is 59.9. The van der Waals surface area contributed by atoms with E-state index in [1.807, 2.05) is 0 Å². The number of aliphatic hydroxyl groups is 2. The first-order chi connectivity index (χ1) is 38.3. The van der Waals surface area contributed by atoms with E-state index in [4.69, 9.17) is 38.1 Å². The number of thiol groups is 1. The monoisotopic (exact) mass is 1200 g/mol. The summed E-state index contributed by atoms with van der Waals surface area (Å²) >= 11 is 17.9. The van der Waals surface area contributed by atoms with E-state index >= 15 is 0 Å². The van der Waals surface area contributed by atoms with Crippen LogP contribution in [0.1, 0.15) is 119 Å². The lowest BCUT2D eigenvalue weighted by Crippen LogP contribution is -2.54. The van der Waals surface area contributed by atoms with E-state index < -0.39 is 93.7 Å². The number of primary amides is 1. The van der Waals surface area contributed by atoms with Gasteiger partial charge in [-0.1, -0.05) is 58.9 Å². The van der Waals surface area contributed by atoms with Crippen LogP contribution in [0.4, 0.5) is 21.0 Å². The molecular formula is C57H79Cl2N9O13S. The van der Waals surface area contributed by atoms with Crippen LogP contribution >= 0.6 is 35.8 Å². The third kappa shape index (κ3) is 22.8. The number of aliphatic hydroxyl groups excluding tert-OH is 2. The molecule has 9 amide bonds. The molecule has 4 aromatic rings. The Morgan fingerprint density at radius 3 is 2.17 bits per heavy atom. The van der Waals surface area contributed by atoms with E-state index in [-0.39, 0.29) is 71.7 Å². The summed E-state index contributed by atoms with van der Waals surface area (Å²) in [6, 6.07) is 16.4. The molecule has 0 aliphatic heterocycles. The molecule has 0 spiro atoms. The Balaban J connectivity index is 0.0000176. The number of fused-ring (bicyclic) bond motifs is 1. The fourth-order valence-corrected chi connectivity index (χ4v) is 9.58. The molecule has 0 aliphatic rings. The van der Waals surface area contributed by atoms with Gasteiger partial charge in [0.15, 0.2) is 0 Å². The number of carbonyl (C=O) groups is 8. The van der Waals surface area contributed by atoms with Crippen LogP contribution in [0.15, 0.2) is 82.0 Å². The summed E-state index contributed by atoms with van der Waals surface area (Å²) in [5, 5.41) is 40.7. The number of carbonyl (C=O) groups excluding carboxylic acids is 8. The van der Waals surface area contributed by atoms with Gasteiger partial charge < -0.3 is 62.3 Å². The zero-order valence-electron chi connectivity index (χ0n) is 46.1. The third-order valence-electron chi connectivity index (χ3n) is 13.0. The average Bonchev–Trinajstić information content (AvgIpc) is 3.59. The van der Waals surface area contributed by atoms with Crippen LogP contribution in [-0.4, -0.2) is 119 Å². The third-order valence-corrected chi connectivity index (χ3v) is 13.9. The zero-order valence-corrected chi connectivity index (χ0v) is 48.5. The largest absolute Gasteiger partial charge is 0.444 e. The Kier molecular flexibility index (Phi) is 28.6. The Morgan fingerprint density at radius 1 is 0.805 bits per heavy atom. The Morgan fingerprint density at radius 2 is 1.50 bits per heavy atom. The molecule has 450 valence electrons. The van der Waals surface area contributed by atoms with Crippen LogP contribution in [-0.2, 0) is 35.3 Å². The molecule has 6 unspecified atom stereocenters. The van der Waals surface area contributed by atoms with Gasteiger partial charge in [0.1, 0.15) is 29.1 Å². The van der Waals surface area contributed by atoms with Crippen LogP contribution < -0.4 is 53.9 Å². The van der Waals surface area contributed by atoms with Crippen molar-refractivity contribution in [3.05, 3.63) is 105 Å². The summed E-state index contributed by atoms with van der Waals surface area (Å²) in [6.07, 6.45) is -0.489. The van der Waals surface area contributed by atoms with Crippen molar-refractivity contribution in [3.8, 4) is 0 Å². The molecule has 0 fully saturated rings. The number of hydrogen-bond donors (Lipinski definition) is 12. The molecule has 0 saturated carbocycles. The van der Waals surface area contributed by atoms with Crippen molar-refractivity contribution in [2.45, 2.75) is 128 Å². The number of aryl methyl sites for hydroxylation is 1. The molecule has 4 rings (SSSR count). The van der Waals surface area contributed by atoms with E-state index in [0.717, 1.165) is 10.9 Å². The standard InChI is InChI=1S/C56H75Cl2N9O13S.CH4/c1-33(2)47(50(74)66-43(13-10-22-62-53(59)77)49(73)64-38-17-15-35(16-18-38)31-79-54(78)65-39-19-20-41-34(3)25-46(71)80-44(41)27-39)67-45(70)14-7-6-8-21-61-52(76)56(5,58)32-55(4,51(75)63-29-40(69)30-68)28-42(57)36-11-9-12-37(26-36)48(72)60-23-24-81;/h9,11-12,15-20,25-27,33,40,42-43,47,68-69,81H,6-8,10,13-14,21-24,28-32H2,1-5H3,(H,60,72)(H,61,76)(H,63,75)(H,64,73)(H,65,78)(H,66,74)(H,67,70)(H3,59,62,77);1H4. The highest BCUT2D eigenvalue weighted by molar-refractivity contribution is 7.80. The van der Waals surface area contributed by atoms with Crippen molar-refractivity contribution in [2.24, 2.45) is 17.1 Å². The highest BCUT2D eigenvalue weighted by Gasteiger charge is 2.45. The number of nitrogens with one attached hydrogen (secondary N) is 8. The Bertz CT molecular complexity index is 2880. The van der Waals surface area contributed by atoms with E-state index in [2.05, 4.69) is 55.2 Å². The summed E-state index contributed by atoms with van der Waals surface area (Å²) in [5.74, 6) is -3.02. The van der Waals surface area contributed by atoms with Gasteiger partial charge in [0.05, 0.1) is 23.5 Å². The predicted octanol–water partition coefficient (Wildman–Crippen LogP) is 6.07. The lowest BCUT2D eigenvalue weighted by atomic mass is 9.75. The number of nitrogens with two attached hydrogens (primary N) is 1. The molecule has 3 aromatic carbocycles. The molecule has 22 nitrogen and oxygen atoms in total. The van der Waals surface area contributed by atoms with Crippen LogP contribution in [0, 0.1) is 18.3 Å². The molecule has 0 aliphatic carbocycles. The quantitative estimate of drug-likeness (QED) is 0.0115. The number of anilines is 2. The van der Waals surface area contributed by atoms with E-state index in [0.29, 0.717) is 65.2 Å². The molecule has 6 atom stereocenters. The van der Waals surface area contributed by atoms with Gasteiger partial charge in [0.25, 0.3) is 5.91 Å². The lowest BCUT2D eigenvalue weighted by molar-refractivity contribution is -0.133. The van der Waals surface area contributed by atoms with Crippen molar-refractivity contribution >= 4 is 106 Å². The van der Waals surface area contributed by atoms with Crippen LogP contribution in [0.2, 0.25) is 0 Å². The van der Waals surface area contributed by atoms with Crippen molar-refractivity contribution in [2.75, 3.05) is 49.2 Å². The molecule has 25 heteroatoms. The highest BCUT2D eigenvalue weighted by atomic mass is 35.5. The maximum Gasteiger partial charge on any atom is 0.411 e. The molecule has 1 heterocycles. The predicted molar refractivity (Wildman–Crippen MR) is 319 cm³/mol. The van der Waals surface area contributed by atoms with E-state index in [9.17, 15) is 53.4 Å². The fraction of sp³-hybridized carbons (Fsp3) is 0.491. The van der Waals surface area contributed by atoms with E-state index in [1.165, 1.54) is 19.1 Å². The van der Waals surface area contributed by atoms with Gasteiger partial charge >= 0.3 is 17.7 Å². The summed E-state index contributed by atoms with van der Waals surface area (Å²) in [7, 11) is 0. The molecule has 0 radical (unpaired) electrons. The van der Waals surface area contributed by atoms with Crippen LogP contribution in [0.25, 0.3) is 11.0 Å². The number of unbranched alkanes of at least 4 members (excludes halogenated alkanes) is 2. The normalized spacial score (nSPS) is 14.0. The number of amides is 9. The fourth-order valence-electron chi connectivity index (χ4n) is 8.63. The number of ether oxygens (including phenoxy) is 1. The van der Waals surface area contributed by atoms with Gasteiger partial charge in [0.2, 0.25) is 29.5 Å². The average molecular weight is 1200 g/mol. The Labute approximate surface area is 493 Å². The minimum absolute atomic E-state index is 0. The second kappa shape index (κ2) is 33.9. The second-order valence-corrected chi connectivity index (χ2v) is 22.3. The maximum absolute atomic E-state index is 13.8. The number of hydrogen-bond acceptors (Lipinski definition) is 14. The van der Waals surface area contributed by atoms with Crippen molar-refractivity contribution in [1.29, 1.82) is 0 Å². The van der Waals surface area contributed by atoms with Gasteiger partial charge in [-0.05, 0) is 111 Å². The maximum atomic E-state index is 13.8. The minimum atomic E-state index is -1.63. The SMILES string of the molecule is C.Cc1cc(=O)oc2cc(NC(=O)OCc3ccc(NC(=O)C(CCCNC(N)=O)NC(=O)C(NC(=O)CCCCCNC(=O)C(C)(Cl)CC(C)(CC(Cl)c4cccc(C(=O)NCCS)c4)C(=O)NCC(O)CO)C(C)C)cc3)ccc12. The first-order valence-corrected chi connectivity index (χ1v) is 28.0. The summed E-state index contributed by atoms with van der Waals surface area (Å²) < 4.78 is 10.6. The van der Waals surface area contributed by atoms with Crippen molar-refractivity contribution in [1.82, 2.24) is 31.9 Å². The van der Waals surface area contributed by atoms with Crippen LogP contribution in [0.3, 0.4) is 0 Å². The minimum Gasteiger partial charge on any atom is -0.444 e. The highest BCUT2D eigenvalue weighted by Crippen LogP contribution is 2.42. The van der Waals surface area contributed by atoms with Gasteiger partial charge in [-0.3, -0.25) is 34.1 Å². The molecule has 12 N–H and O–H groups in total. The van der Waals surface area contributed by atoms with Gasteiger partial charge in [-0.2, -0.15) is 12.6 Å².